The average molecular weight is 707 g/mol. The molecule has 0 spiro atoms. The van der Waals surface area contributed by atoms with Gasteiger partial charge in [-0.2, -0.15) is 9.78 Å². The molecule has 0 aliphatic rings. The zero-order chi connectivity index (χ0) is 27.9. The van der Waals surface area contributed by atoms with Crippen LogP contribution >= 0.6 is 38.5 Å². The van der Waals surface area contributed by atoms with Crippen LogP contribution in [0.25, 0.3) is 10.9 Å². The summed E-state index contributed by atoms with van der Waals surface area (Å²) >= 11 is 5.49. The number of aromatic nitrogens is 2. The van der Waals surface area contributed by atoms with Crippen molar-refractivity contribution >= 4 is 67.2 Å². The highest BCUT2D eigenvalue weighted by molar-refractivity contribution is 14.1. The molecule has 202 valence electrons. The molecule has 1 heterocycles. The van der Waals surface area contributed by atoms with Crippen molar-refractivity contribution in [3.05, 3.63) is 90.2 Å². The van der Waals surface area contributed by atoms with Crippen LogP contribution < -0.4 is 20.3 Å². The Morgan fingerprint density at radius 2 is 2.05 bits per heavy atom. The number of ether oxygens (including phenoxy) is 2. The van der Waals surface area contributed by atoms with E-state index in [4.69, 9.17) is 14.5 Å². The number of carbonyl (C=O) groups is 1. The molecule has 8 nitrogen and oxygen atoms in total. The van der Waals surface area contributed by atoms with Crippen LogP contribution in [0.2, 0.25) is 0 Å². The lowest BCUT2D eigenvalue weighted by molar-refractivity contribution is -0.118. The molecule has 0 saturated heterocycles. The smallest absolute Gasteiger partial charge is 0.282 e. The van der Waals surface area contributed by atoms with E-state index in [0.29, 0.717) is 49.5 Å². The highest BCUT2D eigenvalue weighted by atomic mass is 127. The Bertz CT molecular complexity index is 1610. The lowest BCUT2D eigenvalue weighted by Crippen LogP contribution is -2.22. The van der Waals surface area contributed by atoms with Gasteiger partial charge in [-0.3, -0.25) is 9.59 Å². The topological polar surface area (TPSA) is 94.8 Å². The van der Waals surface area contributed by atoms with E-state index < -0.39 is 11.7 Å². The summed E-state index contributed by atoms with van der Waals surface area (Å²) in [7, 11) is 1.49. The quantitative estimate of drug-likeness (QED) is 0.158. The number of hydrogen-bond acceptors (Lipinski definition) is 6. The molecule has 0 bridgehead atoms. The van der Waals surface area contributed by atoms with Gasteiger partial charge in [0.1, 0.15) is 11.6 Å². The zero-order valence-electron chi connectivity index (χ0n) is 21.2. The number of methoxy groups -OCH3 is 1. The maximum atomic E-state index is 13.4. The van der Waals surface area contributed by atoms with Gasteiger partial charge in [0.25, 0.3) is 11.5 Å². The van der Waals surface area contributed by atoms with Gasteiger partial charge in [-0.25, -0.2) is 9.37 Å². The van der Waals surface area contributed by atoms with Crippen molar-refractivity contribution in [2.24, 2.45) is 5.10 Å². The molecule has 0 fully saturated rings. The highest BCUT2D eigenvalue weighted by Crippen LogP contribution is 2.33. The first-order valence-electron chi connectivity index (χ1n) is 12.1. The van der Waals surface area contributed by atoms with Gasteiger partial charge in [0.05, 0.1) is 27.8 Å². The number of hydrogen-bond donors (Lipinski definition) is 1. The highest BCUT2D eigenvalue weighted by Gasteiger charge is 2.15. The molecule has 1 N–H and O–H groups in total. The lowest BCUT2D eigenvalue weighted by atomic mass is 10.2. The third-order valence-electron chi connectivity index (χ3n) is 5.66. The van der Waals surface area contributed by atoms with Gasteiger partial charge in [-0.15, -0.1) is 0 Å². The van der Waals surface area contributed by atoms with Crippen molar-refractivity contribution in [1.29, 1.82) is 0 Å². The van der Waals surface area contributed by atoms with Crippen molar-refractivity contribution in [1.82, 2.24) is 9.66 Å². The number of fused-ring (bicyclic) bond motifs is 1. The fourth-order valence-corrected chi connectivity index (χ4v) is 4.93. The number of benzene rings is 3. The minimum atomic E-state index is -0.450. The largest absolute Gasteiger partial charge is 0.493 e. The third kappa shape index (κ3) is 7.21. The monoisotopic (exact) mass is 706 g/mol. The minimum absolute atomic E-state index is 0.255. The SMILES string of the molecule is CCCCc1nc2ccc(Br)cc2c(=O)n1N=Cc1cc(I)c(OCC(=O)Nc2cccc(F)c2)c(OC)c1. The molecule has 0 aliphatic carbocycles. The Hall–Kier alpha value is -3.32. The van der Waals surface area contributed by atoms with Crippen LogP contribution in [-0.2, 0) is 11.2 Å². The van der Waals surface area contributed by atoms with Crippen molar-refractivity contribution < 1.29 is 18.7 Å². The molecule has 39 heavy (non-hydrogen) atoms. The number of amides is 1. The van der Waals surface area contributed by atoms with Gasteiger partial charge in [-0.05, 0) is 83.1 Å². The molecular weight excluding hydrogens is 682 g/mol. The second kappa shape index (κ2) is 13.2. The second-order valence-corrected chi connectivity index (χ2v) is 10.6. The second-order valence-electron chi connectivity index (χ2n) is 8.54. The Labute approximate surface area is 246 Å². The number of nitrogens with zero attached hydrogens (tertiary/aromatic N) is 3. The van der Waals surface area contributed by atoms with Crippen LogP contribution in [0.1, 0.15) is 31.2 Å². The number of carbonyl (C=O) groups excluding carboxylic acids is 1. The summed E-state index contributed by atoms with van der Waals surface area (Å²) in [5.41, 5.74) is 1.37. The Morgan fingerprint density at radius 1 is 1.23 bits per heavy atom. The van der Waals surface area contributed by atoms with Crippen LogP contribution in [-0.4, -0.2) is 35.5 Å². The lowest BCUT2D eigenvalue weighted by Gasteiger charge is -2.14. The summed E-state index contributed by atoms with van der Waals surface area (Å²) in [5, 5.41) is 7.55. The molecular formula is C28H25BrFIN4O4. The molecule has 11 heteroatoms. The van der Waals surface area contributed by atoms with Gasteiger partial charge in [-0.1, -0.05) is 35.3 Å². The van der Waals surface area contributed by atoms with Crippen LogP contribution in [0.15, 0.2) is 69.0 Å². The molecule has 0 saturated carbocycles. The number of rotatable bonds is 10. The first-order valence-corrected chi connectivity index (χ1v) is 14.0. The molecule has 1 amide bonds. The van der Waals surface area contributed by atoms with E-state index in [0.717, 1.165) is 17.3 Å². The summed E-state index contributed by atoms with van der Waals surface area (Å²) in [5.74, 6) is 0.454. The van der Waals surface area contributed by atoms with Gasteiger partial charge >= 0.3 is 0 Å². The maximum Gasteiger partial charge on any atom is 0.282 e. The molecule has 4 aromatic rings. The van der Waals surface area contributed by atoms with E-state index >= 15 is 0 Å². The molecule has 0 aliphatic heterocycles. The molecule has 0 radical (unpaired) electrons. The predicted molar refractivity (Wildman–Crippen MR) is 162 cm³/mol. The number of unbranched alkanes of at least 4 members (excludes halogenated alkanes) is 1. The summed E-state index contributed by atoms with van der Waals surface area (Å²) in [6.07, 6.45) is 4.00. The van der Waals surface area contributed by atoms with Crippen LogP contribution in [0, 0.1) is 9.39 Å². The number of nitrogens with one attached hydrogen (secondary N) is 1. The first-order chi connectivity index (χ1) is 18.8. The summed E-state index contributed by atoms with van der Waals surface area (Å²) in [6, 6.07) is 14.5. The Morgan fingerprint density at radius 3 is 2.79 bits per heavy atom. The summed E-state index contributed by atoms with van der Waals surface area (Å²) < 4.78 is 27.4. The summed E-state index contributed by atoms with van der Waals surface area (Å²) in [4.78, 5) is 30.3. The molecule has 0 unspecified atom stereocenters. The summed E-state index contributed by atoms with van der Waals surface area (Å²) in [6.45, 7) is 1.78. The van der Waals surface area contributed by atoms with Crippen LogP contribution in [0.4, 0.5) is 10.1 Å². The van der Waals surface area contributed by atoms with Crippen molar-refractivity contribution in [2.45, 2.75) is 26.2 Å². The van der Waals surface area contributed by atoms with Crippen molar-refractivity contribution in [3.8, 4) is 11.5 Å². The normalized spacial score (nSPS) is 11.2. The third-order valence-corrected chi connectivity index (χ3v) is 6.95. The van der Waals surface area contributed by atoms with Gasteiger partial charge < -0.3 is 14.8 Å². The fourth-order valence-electron chi connectivity index (χ4n) is 3.79. The standard InChI is InChI=1S/C28H25BrFIN4O4/c1-3-4-8-25-34-23-10-9-18(29)13-21(23)28(37)35(25)32-15-17-11-22(31)27(24(12-17)38-2)39-16-26(36)33-20-7-5-6-19(30)14-20/h5-7,9-15H,3-4,8,16H2,1-2H3,(H,33,36). The van der Waals surface area contributed by atoms with Gasteiger partial charge in [0.2, 0.25) is 0 Å². The van der Waals surface area contributed by atoms with Crippen molar-refractivity contribution in [3.63, 3.8) is 0 Å². The van der Waals surface area contributed by atoms with Gasteiger partial charge in [0, 0.05) is 16.6 Å². The van der Waals surface area contributed by atoms with E-state index in [-0.39, 0.29) is 12.2 Å². The zero-order valence-corrected chi connectivity index (χ0v) is 25.0. The van der Waals surface area contributed by atoms with Crippen LogP contribution in [0.3, 0.4) is 0 Å². The number of halogens is 3. The molecule has 4 rings (SSSR count). The maximum absolute atomic E-state index is 13.4. The van der Waals surface area contributed by atoms with E-state index in [2.05, 4.69) is 55.9 Å². The molecule has 1 aromatic heterocycles. The van der Waals surface area contributed by atoms with E-state index in [9.17, 15) is 14.0 Å². The van der Waals surface area contributed by atoms with E-state index in [1.54, 1.807) is 30.5 Å². The van der Waals surface area contributed by atoms with Gasteiger partial charge in [0.15, 0.2) is 18.1 Å². The number of anilines is 1. The van der Waals surface area contributed by atoms with E-state index in [1.807, 2.05) is 12.1 Å². The average Bonchev–Trinajstić information content (AvgIpc) is 2.91. The number of aryl methyl sites for hydroxylation is 1. The Balaban J connectivity index is 1.58. The predicted octanol–water partition coefficient (Wildman–Crippen LogP) is 6.15. The minimum Gasteiger partial charge on any atom is -0.493 e. The van der Waals surface area contributed by atoms with E-state index in [1.165, 1.54) is 30.0 Å². The molecule has 0 atom stereocenters. The fraction of sp³-hybridized carbons (Fsp3) is 0.214. The first kappa shape index (κ1) is 28.7. The van der Waals surface area contributed by atoms with Crippen LogP contribution in [0.5, 0.6) is 11.5 Å². The molecule has 3 aromatic carbocycles. The van der Waals surface area contributed by atoms with Crippen molar-refractivity contribution in [2.75, 3.05) is 19.0 Å². The Kier molecular flexibility index (Phi) is 9.68.